The Hall–Kier alpha value is -3.20. The highest BCUT2D eigenvalue weighted by Gasteiger charge is 2.30. The first-order valence-electron chi connectivity index (χ1n) is 9.08. The van der Waals surface area contributed by atoms with E-state index in [2.05, 4.69) is 10.3 Å². The van der Waals surface area contributed by atoms with Crippen LogP contribution in [0.4, 0.5) is 24.0 Å². The highest BCUT2D eigenvalue weighted by molar-refractivity contribution is 7.14. The summed E-state index contributed by atoms with van der Waals surface area (Å²) in [5, 5.41) is 4.72. The summed E-state index contributed by atoms with van der Waals surface area (Å²) in [7, 11) is 0. The number of halogens is 3. The van der Waals surface area contributed by atoms with Gasteiger partial charge >= 0.3 is 6.18 Å². The van der Waals surface area contributed by atoms with Gasteiger partial charge in [-0.3, -0.25) is 14.9 Å². The molecule has 1 aromatic heterocycles. The number of rotatable bonds is 3. The number of amides is 2. The highest BCUT2D eigenvalue weighted by Crippen LogP contribution is 2.34. The maximum atomic E-state index is 12.7. The van der Waals surface area contributed by atoms with Gasteiger partial charge in [-0.05, 0) is 42.3 Å². The van der Waals surface area contributed by atoms with Crippen molar-refractivity contribution in [2.45, 2.75) is 19.5 Å². The molecule has 0 saturated carbocycles. The molecule has 3 aromatic rings. The molecule has 0 spiro atoms. The fourth-order valence-electron chi connectivity index (χ4n) is 3.31. The van der Waals surface area contributed by atoms with Crippen LogP contribution >= 0.6 is 11.3 Å². The molecule has 0 bridgehead atoms. The molecule has 2 heterocycles. The SMILES string of the molecule is CC(=O)N1CCc2ccc(-c3csc(NC(=O)c4ccc(C(F)(F)F)cc4)n3)cc21. The zero-order chi connectivity index (χ0) is 21.5. The number of aromatic nitrogens is 1. The summed E-state index contributed by atoms with van der Waals surface area (Å²) in [6, 6.07) is 9.78. The van der Waals surface area contributed by atoms with Crippen LogP contribution in [0.5, 0.6) is 0 Å². The van der Waals surface area contributed by atoms with Crippen molar-refractivity contribution in [1.29, 1.82) is 0 Å². The first-order chi connectivity index (χ1) is 14.2. The molecule has 4 rings (SSSR count). The van der Waals surface area contributed by atoms with E-state index in [0.29, 0.717) is 17.4 Å². The smallest absolute Gasteiger partial charge is 0.312 e. The zero-order valence-electron chi connectivity index (χ0n) is 15.8. The van der Waals surface area contributed by atoms with Crippen molar-refractivity contribution in [3.8, 4) is 11.3 Å². The van der Waals surface area contributed by atoms with Gasteiger partial charge in [0, 0.05) is 35.7 Å². The normalized spacial score (nSPS) is 13.3. The molecule has 0 unspecified atom stereocenters. The third-order valence-electron chi connectivity index (χ3n) is 4.86. The molecule has 30 heavy (non-hydrogen) atoms. The minimum absolute atomic E-state index is 0.0197. The molecule has 9 heteroatoms. The predicted molar refractivity (Wildman–Crippen MR) is 109 cm³/mol. The fourth-order valence-corrected chi connectivity index (χ4v) is 4.02. The van der Waals surface area contributed by atoms with Crippen molar-refractivity contribution in [3.05, 3.63) is 64.5 Å². The number of carbonyl (C=O) groups is 2. The van der Waals surface area contributed by atoms with Gasteiger partial charge in [-0.1, -0.05) is 12.1 Å². The summed E-state index contributed by atoms with van der Waals surface area (Å²) in [5.41, 5.74) is 2.71. The van der Waals surface area contributed by atoms with Gasteiger partial charge in [0.05, 0.1) is 11.3 Å². The average Bonchev–Trinajstić information content (AvgIpc) is 3.33. The van der Waals surface area contributed by atoms with Crippen LogP contribution in [0.15, 0.2) is 47.8 Å². The number of hydrogen-bond donors (Lipinski definition) is 1. The lowest BCUT2D eigenvalue weighted by atomic mass is 10.1. The second kappa shape index (κ2) is 7.56. The van der Waals surface area contributed by atoms with Crippen LogP contribution in [0, 0.1) is 0 Å². The van der Waals surface area contributed by atoms with Crippen LogP contribution in [0.25, 0.3) is 11.3 Å². The van der Waals surface area contributed by atoms with E-state index in [4.69, 9.17) is 0 Å². The quantitative estimate of drug-likeness (QED) is 0.636. The van der Waals surface area contributed by atoms with Gasteiger partial charge in [0.2, 0.25) is 5.91 Å². The Kier molecular flexibility index (Phi) is 5.07. The number of fused-ring (bicyclic) bond motifs is 1. The molecule has 0 fully saturated rings. The molecule has 0 aliphatic carbocycles. The molecular formula is C21H16F3N3O2S. The molecule has 0 atom stereocenters. The van der Waals surface area contributed by atoms with Crippen LogP contribution in [0.3, 0.4) is 0 Å². The number of anilines is 2. The Morgan fingerprint density at radius 3 is 2.53 bits per heavy atom. The van der Waals surface area contributed by atoms with Crippen molar-refractivity contribution in [3.63, 3.8) is 0 Å². The Bertz CT molecular complexity index is 1120. The van der Waals surface area contributed by atoms with Crippen LogP contribution in [0.1, 0.15) is 28.4 Å². The summed E-state index contributed by atoms with van der Waals surface area (Å²) in [6.07, 6.45) is -3.65. The molecule has 1 aliphatic rings. The summed E-state index contributed by atoms with van der Waals surface area (Å²) in [6.45, 7) is 2.18. The summed E-state index contributed by atoms with van der Waals surface area (Å²) >= 11 is 1.21. The number of thiazole rings is 1. The van der Waals surface area contributed by atoms with E-state index in [1.54, 1.807) is 10.3 Å². The Morgan fingerprint density at radius 2 is 1.87 bits per heavy atom. The summed E-state index contributed by atoms with van der Waals surface area (Å²) < 4.78 is 38.0. The van der Waals surface area contributed by atoms with Crippen molar-refractivity contribution in [2.24, 2.45) is 0 Å². The van der Waals surface area contributed by atoms with Gasteiger partial charge < -0.3 is 4.90 Å². The first kappa shape index (κ1) is 20.1. The molecule has 2 aromatic carbocycles. The molecule has 0 radical (unpaired) electrons. The van der Waals surface area contributed by atoms with Crippen LogP contribution in [-0.4, -0.2) is 23.3 Å². The molecule has 1 aliphatic heterocycles. The van der Waals surface area contributed by atoms with E-state index in [9.17, 15) is 22.8 Å². The van der Waals surface area contributed by atoms with Gasteiger partial charge in [-0.2, -0.15) is 13.2 Å². The maximum Gasteiger partial charge on any atom is 0.416 e. The predicted octanol–water partition coefficient (Wildman–Crippen LogP) is 4.99. The Balaban J connectivity index is 1.50. The number of nitrogens with zero attached hydrogens (tertiary/aromatic N) is 2. The average molecular weight is 431 g/mol. The van der Waals surface area contributed by atoms with E-state index >= 15 is 0 Å². The zero-order valence-corrected chi connectivity index (χ0v) is 16.6. The molecule has 0 saturated heterocycles. The van der Waals surface area contributed by atoms with E-state index in [0.717, 1.165) is 47.5 Å². The molecule has 154 valence electrons. The second-order valence-corrected chi connectivity index (χ2v) is 7.69. The summed E-state index contributed by atoms with van der Waals surface area (Å²) in [5.74, 6) is -0.560. The van der Waals surface area contributed by atoms with Gasteiger partial charge in [0.1, 0.15) is 0 Å². The first-order valence-corrected chi connectivity index (χ1v) is 9.96. The summed E-state index contributed by atoms with van der Waals surface area (Å²) in [4.78, 5) is 30.2. The van der Waals surface area contributed by atoms with E-state index in [1.165, 1.54) is 18.3 Å². The lowest BCUT2D eigenvalue weighted by Gasteiger charge is -2.15. The maximum absolute atomic E-state index is 12.7. The standard InChI is InChI=1S/C21H16F3N3O2S/c1-12(28)27-9-8-13-2-3-15(10-18(13)27)17-11-30-20(25-17)26-19(29)14-4-6-16(7-5-14)21(22,23)24/h2-7,10-11H,8-9H2,1H3,(H,25,26,29). The number of carbonyl (C=O) groups excluding carboxylic acids is 2. The number of hydrogen-bond acceptors (Lipinski definition) is 4. The van der Waals surface area contributed by atoms with E-state index in [-0.39, 0.29) is 11.5 Å². The largest absolute Gasteiger partial charge is 0.416 e. The minimum atomic E-state index is -4.45. The Labute approximate surface area is 174 Å². The van der Waals surface area contributed by atoms with Crippen LogP contribution < -0.4 is 10.2 Å². The van der Waals surface area contributed by atoms with Crippen molar-refractivity contribution < 1.29 is 22.8 Å². The van der Waals surface area contributed by atoms with Crippen molar-refractivity contribution in [2.75, 3.05) is 16.8 Å². The van der Waals surface area contributed by atoms with Crippen molar-refractivity contribution in [1.82, 2.24) is 4.98 Å². The number of benzene rings is 2. The van der Waals surface area contributed by atoms with Crippen molar-refractivity contribution >= 4 is 34.0 Å². The van der Waals surface area contributed by atoms with Gasteiger partial charge in [-0.15, -0.1) is 11.3 Å². The molecule has 5 nitrogen and oxygen atoms in total. The second-order valence-electron chi connectivity index (χ2n) is 6.83. The third kappa shape index (κ3) is 3.93. The van der Waals surface area contributed by atoms with Gasteiger partial charge in [0.15, 0.2) is 5.13 Å². The number of nitrogens with one attached hydrogen (secondary N) is 1. The number of alkyl halides is 3. The van der Waals surface area contributed by atoms with Gasteiger partial charge in [0.25, 0.3) is 5.91 Å². The highest BCUT2D eigenvalue weighted by atomic mass is 32.1. The topological polar surface area (TPSA) is 62.3 Å². The van der Waals surface area contributed by atoms with Crippen LogP contribution in [-0.2, 0) is 17.4 Å². The molecule has 1 N–H and O–H groups in total. The lowest BCUT2D eigenvalue weighted by Crippen LogP contribution is -2.25. The monoisotopic (exact) mass is 431 g/mol. The van der Waals surface area contributed by atoms with Gasteiger partial charge in [-0.25, -0.2) is 4.98 Å². The molecular weight excluding hydrogens is 415 g/mol. The minimum Gasteiger partial charge on any atom is -0.312 e. The van der Waals surface area contributed by atoms with E-state index < -0.39 is 17.6 Å². The van der Waals surface area contributed by atoms with Crippen LogP contribution in [0.2, 0.25) is 0 Å². The molecule has 2 amide bonds. The third-order valence-corrected chi connectivity index (χ3v) is 5.61. The Morgan fingerprint density at radius 1 is 1.13 bits per heavy atom. The van der Waals surface area contributed by atoms with E-state index in [1.807, 2.05) is 18.2 Å². The fraction of sp³-hybridized carbons (Fsp3) is 0.190. The lowest BCUT2D eigenvalue weighted by molar-refractivity contribution is -0.137.